The van der Waals surface area contributed by atoms with Crippen LogP contribution in [0.3, 0.4) is 0 Å². The molecule has 4 heteroatoms. The van der Waals surface area contributed by atoms with Crippen LogP contribution in [0.5, 0.6) is 0 Å². The molecule has 0 radical (unpaired) electrons. The fraction of sp³-hybridized carbons (Fsp3) is 0.462. The summed E-state index contributed by atoms with van der Waals surface area (Å²) in [7, 11) is 2.01. The zero-order valence-electron chi connectivity index (χ0n) is 10.3. The summed E-state index contributed by atoms with van der Waals surface area (Å²) in [5, 5.41) is 0. The minimum absolute atomic E-state index is 0.303. The molecule has 0 saturated heterocycles. The van der Waals surface area contributed by atoms with Gasteiger partial charge in [0.15, 0.2) is 0 Å². The Balaban J connectivity index is 2.32. The highest BCUT2D eigenvalue weighted by molar-refractivity contribution is 5.97. The van der Waals surface area contributed by atoms with Crippen molar-refractivity contribution in [3.05, 3.63) is 23.8 Å². The Morgan fingerprint density at radius 3 is 2.82 bits per heavy atom. The maximum atomic E-state index is 11.9. The van der Waals surface area contributed by atoms with E-state index >= 15 is 0 Å². The first-order valence-corrected chi connectivity index (χ1v) is 5.93. The summed E-state index contributed by atoms with van der Waals surface area (Å²) < 4.78 is 5.05. The van der Waals surface area contributed by atoms with Crippen molar-refractivity contribution in [2.45, 2.75) is 25.8 Å². The van der Waals surface area contributed by atoms with E-state index in [9.17, 15) is 4.79 Å². The highest BCUT2D eigenvalue weighted by atomic mass is 16.5. The summed E-state index contributed by atoms with van der Waals surface area (Å²) in [5.41, 5.74) is 7.77. The summed E-state index contributed by atoms with van der Waals surface area (Å²) in [6.45, 7) is 2.18. The molecule has 1 saturated carbocycles. The molecule has 0 atom stereocenters. The molecule has 0 aromatic heterocycles. The highest BCUT2D eigenvalue weighted by Crippen LogP contribution is 2.33. The third-order valence-corrected chi connectivity index (χ3v) is 2.99. The molecule has 4 nitrogen and oxygen atoms in total. The lowest BCUT2D eigenvalue weighted by Crippen LogP contribution is -2.22. The molecule has 0 unspecified atom stereocenters. The van der Waals surface area contributed by atoms with Crippen LogP contribution in [0.2, 0.25) is 0 Å². The molecular weight excluding hydrogens is 216 g/mol. The van der Waals surface area contributed by atoms with E-state index in [-0.39, 0.29) is 5.97 Å². The van der Waals surface area contributed by atoms with E-state index < -0.39 is 0 Å². The third kappa shape index (κ3) is 2.52. The molecule has 17 heavy (non-hydrogen) atoms. The molecule has 0 aliphatic heterocycles. The van der Waals surface area contributed by atoms with Crippen LogP contribution in [-0.2, 0) is 4.74 Å². The van der Waals surface area contributed by atoms with Gasteiger partial charge >= 0.3 is 5.97 Å². The average molecular weight is 234 g/mol. The number of nitrogen functional groups attached to an aromatic ring is 1. The molecule has 1 aromatic rings. The Hall–Kier alpha value is -1.71. The summed E-state index contributed by atoms with van der Waals surface area (Å²) in [5.74, 6) is -0.303. The van der Waals surface area contributed by atoms with Crippen LogP contribution in [0.4, 0.5) is 11.4 Å². The number of nitrogens with zero attached hydrogens (tertiary/aromatic N) is 1. The Kier molecular flexibility index (Phi) is 3.22. The van der Waals surface area contributed by atoms with Crippen LogP contribution in [-0.4, -0.2) is 25.7 Å². The van der Waals surface area contributed by atoms with E-state index in [0.717, 1.165) is 5.69 Å². The summed E-state index contributed by atoms with van der Waals surface area (Å²) in [6, 6.07) is 5.94. The topological polar surface area (TPSA) is 55.6 Å². The lowest BCUT2D eigenvalue weighted by molar-refractivity contribution is 0.0527. The van der Waals surface area contributed by atoms with Gasteiger partial charge in [0.2, 0.25) is 0 Å². The van der Waals surface area contributed by atoms with E-state index in [4.69, 9.17) is 10.5 Å². The van der Waals surface area contributed by atoms with Gasteiger partial charge in [0.25, 0.3) is 0 Å². The molecule has 1 aliphatic carbocycles. The molecular formula is C13H18N2O2. The molecule has 0 amide bonds. The lowest BCUT2D eigenvalue weighted by Gasteiger charge is -2.21. The number of hydrogen-bond donors (Lipinski definition) is 1. The molecule has 0 heterocycles. The van der Waals surface area contributed by atoms with E-state index in [1.165, 1.54) is 12.8 Å². The molecule has 2 rings (SSSR count). The van der Waals surface area contributed by atoms with Crippen molar-refractivity contribution in [2.75, 3.05) is 24.3 Å². The normalized spacial score (nSPS) is 14.5. The van der Waals surface area contributed by atoms with Crippen LogP contribution in [0.15, 0.2) is 18.2 Å². The molecule has 0 bridgehead atoms. The number of rotatable bonds is 4. The number of anilines is 2. The molecule has 1 aliphatic rings. The van der Waals surface area contributed by atoms with Crippen LogP contribution in [0.25, 0.3) is 0 Å². The average Bonchev–Trinajstić information content (AvgIpc) is 3.12. The Labute approximate surface area is 101 Å². The fourth-order valence-corrected chi connectivity index (χ4v) is 1.89. The number of ether oxygens (including phenoxy) is 1. The standard InChI is InChI=1S/C13H18N2O2/c1-3-17-13(16)11-8-9(14)4-7-12(11)15(2)10-5-6-10/h4,7-8,10H,3,5-6,14H2,1-2H3. The second kappa shape index (κ2) is 4.65. The predicted molar refractivity (Wildman–Crippen MR) is 68.2 cm³/mol. The van der Waals surface area contributed by atoms with Gasteiger partial charge in [0, 0.05) is 18.8 Å². The number of esters is 1. The van der Waals surface area contributed by atoms with E-state index in [2.05, 4.69) is 4.90 Å². The Morgan fingerprint density at radius 1 is 1.53 bits per heavy atom. The SMILES string of the molecule is CCOC(=O)c1cc(N)ccc1N(C)C1CC1. The lowest BCUT2D eigenvalue weighted by atomic mass is 10.1. The second-order valence-electron chi connectivity index (χ2n) is 4.34. The van der Waals surface area contributed by atoms with Gasteiger partial charge in [0.05, 0.1) is 17.9 Å². The van der Waals surface area contributed by atoms with Gasteiger partial charge < -0.3 is 15.4 Å². The van der Waals surface area contributed by atoms with Crippen molar-refractivity contribution < 1.29 is 9.53 Å². The number of nitrogens with two attached hydrogens (primary N) is 1. The Bertz CT molecular complexity index is 427. The Morgan fingerprint density at radius 2 is 2.24 bits per heavy atom. The van der Waals surface area contributed by atoms with Crippen LogP contribution < -0.4 is 10.6 Å². The van der Waals surface area contributed by atoms with Gasteiger partial charge in [-0.1, -0.05) is 0 Å². The first-order chi connectivity index (χ1) is 8.13. The number of carbonyl (C=O) groups is 1. The minimum atomic E-state index is -0.303. The maximum absolute atomic E-state index is 11.9. The third-order valence-electron chi connectivity index (χ3n) is 2.99. The second-order valence-corrected chi connectivity index (χ2v) is 4.34. The fourth-order valence-electron chi connectivity index (χ4n) is 1.89. The van der Waals surface area contributed by atoms with Crippen LogP contribution in [0.1, 0.15) is 30.1 Å². The van der Waals surface area contributed by atoms with Crippen LogP contribution in [0, 0.1) is 0 Å². The molecule has 2 N–H and O–H groups in total. The summed E-state index contributed by atoms with van der Waals surface area (Å²) >= 11 is 0. The van der Waals surface area contributed by atoms with Gasteiger partial charge in [-0.05, 0) is 38.0 Å². The van der Waals surface area contributed by atoms with Crippen LogP contribution >= 0.6 is 0 Å². The zero-order valence-corrected chi connectivity index (χ0v) is 10.3. The molecule has 92 valence electrons. The monoisotopic (exact) mass is 234 g/mol. The quantitative estimate of drug-likeness (QED) is 0.640. The summed E-state index contributed by atoms with van der Waals surface area (Å²) in [6.07, 6.45) is 2.37. The number of benzene rings is 1. The van der Waals surface area contributed by atoms with E-state index in [1.807, 2.05) is 19.2 Å². The van der Waals surface area contributed by atoms with Crippen molar-refractivity contribution in [2.24, 2.45) is 0 Å². The van der Waals surface area contributed by atoms with Gasteiger partial charge in [-0.25, -0.2) is 4.79 Å². The van der Waals surface area contributed by atoms with Crippen molar-refractivity contribution in [3.63, 3.8) is 0 Å². The van der Waals surface area contributed by atoms with E-state index in [0.29, 0.717) is 23.9 Å². The van der Waals surface area contributed by atoms with E-state index in [1.54, 1.807) is 13.0 Å². The zero-order chi connectivity index (χ0) is 12.4. The predicted octanol–water partition coefficient (Wildman–Crippen LogP) is 2.04. The first-order valence-electron chi connectivity index (χ1n) is 5.93. The maximum Gasteiger partial charge on any atom is 0.340 e. The van der Waals surface area contributed by atoms with Gasteiger partial charge in [0.1, 0.15) is 0 Å². The largest absolute Gasteiger partial charge is 0.462 e. The highest BCUT2D eigenvalue weighted by Gasteiger charge is 2.29. The summed E-state index contributed by atoms with van der Waals surface area (Å²) in [4.78, 5) is 14.0. The van der Waals surface area contributed by atoms with Gasteiger partial charge in [-0.2, -0.15) is 0 Å². The molecule has 0 spiro atoms. The van der Waals surface area contributed by atoms with Crippen molar-refractivity contribution in [3.8, 4) is 0 Å². The van der Waals surface area contributed by atoms with Gasteiger partial charge in [-0.3, -0.25) is 0 Å². The van der Waals surface area contributed by atoms with Crippen molar-refractivity contribution in [1.29, 1.82) is 0 Å². The minimum Gasteiger partial charge on any atom is -0.462 e. The smallest absolute Gasteiger partial charge is 0.340 e. The van der Waals surface area contributed by atoms with Gasteiger partial charge in [-0.15, -0.1) is 0 Å². The first kappa shape index (κ1) is 11.8. The molecule has 1 aromatic carbocycles. The number of hydrogen-bond acceptors (Lipinski definition) is 4. The molecule has 1 fully saturated rings. The van der Waals surface area contributed by atoms with Crippen molar-refractivity contribution >= 4 is 17.3 Å². The number of carbonyl (C=O) groups excluding carboxylic acids is 1. The van der Waals surface area contributed by atoms with Crippen molar-refractivity contribution in [1.82, 2.24) is 0 Å².